The van der Waals surface area contributed by atoms with Crippen molar-refractivity contribution in [1.29, 1.82) is 0 Å². The van der Waals surface area contributed by atoms with Crippen LogP contribution >= 0.6 is 0 Å². The lowest BCUT2D eigenvalue weighted by Gasteiger charge is -2.26. The topological polar surface area (TPSA) is 35.2 Å². The predicted molar refractivity (Wildman–Crippen MR) is 71.2 cm³/mol. The molecule has 1 saturated carbocycles. The van der Waals surface area contributed by atoms with E-state index in [1.165, 1.54) is 31.2 Å². The van der Waals surface area contributed by atoms with Gasteiger partial charge in [-0.25, -0.2) is 0 Å². The van der Waals surface area contributed by atoms with Gasteiger partial charge in [0.15, 0.2) is 0 Å². The Kier molecular flexibility index (Phi) is 4.43. The maximum atomic E-state index is 6.01. The minimum Gasteiger partial charge on any atom is -0.490 e. The predicted octanol–water partition coefficient (Wildman–Crippen LogP) is 3.15. The standard InChI is InChI=1S/C15H23NO/c1-12-2-6-14(7-3-12)17-15-8-4-13(5-9-15)10-11-16/h4-5,8-9,12,14H,2-3,6-7,10-11,16H2,1H3. The van der Waals surface area contributed by atoms with Crippen molar-refractivity contribution in [2.75, 3.05) is 6.54 Å². The van der Waals surface area contributed by atoms with Gasteiger partial charge in [0.1, 0.15) is 5.75 Å². The first kappa shape index (κ1) is 12.4. The molecule has 1 aromatic rings. The van der Waals surface area contributed by atoms with Crippen molar-refractivity contribution in [3.8, 4) is 5.75 Å². The zero-order valence-corrected chi connectivity index (χ0v) is 10.7. The van der Waals surface area contributed by atoms with Gasteiger partial charge in [0.25, 0.3) is 0 Å². The number of rotatable bonds is 4. The van der Waals surface area contributed by atoms with Gasteiger partial charge in [-0.3, -0.25) is 0 Å². The zero-order chi connectivity index (χ0) is 12.1. The van der Waals surface area contributed by atoms with Gasteiger partial charge in [-0.1, -0.05) is 19.1 Å². The average Bonchev–Trinajstić information content (AvgIpc) is 2.35. The highest BCUT2D eigenvalue weighted by molar-refractivity contribution is 5.27. The highest BCUT2D eigenvalue weighted by Crippen LogP contribution is 2.27. The molecule has 0 aromatic heterocycles. The van der Waals surface area contributed by atoms with Crippen molar-refractivity contribution in [3.63, 3.8) is 0 Å². The molecule has 2 N–H and O–H groups in total. The monoisotopic (exact) mass is 233 g/mol. The van der Waals surface area contributed by atoms with Crippen LogP contribution in [0.25, 0.3) is 0 Å². The van der Waals surface area contributed by atoms with E-state index in [0.717, 1.165) is 18.1 Å². The molecule has 2 rings (SSSR count). The van der Waals surface area contributed by atoms with Crippen LogP contribution in [0.5, 0.6) is 5.75 Å². The number of nitrogens with two attached hydrogens (primary N) is 1. The van der Waals surface area contributed by atoms with Gasteiger partial charge < -0.3 is 10.5 Å². The van der Waals surface area contributed by atoms with E-state index < -0.39 is 0 Å². The number of ether oxygens (including phenoxy) is 1. The van der Waals surface area contributed by atoms with Crippen molar-refractivity contribution in [2.24, 2.45) is 11.7 Å². The van der Waals surface area contributed by atoms with E-state index in [0.29, 0.717) is 12.6 Å². The van der Waals surface area contributed by atoms with Crippen molar-refractivity contribution >= 4 is 0 Å². The van der Waals surface area contributed by atoms with E-state index in [9.17, 15) is 0 Å². The summed E-state index contributed by atoms with van der Waals surface area (Å²) in [6.45, 7) is 3.04. The second kappa shape index (κ2) is 6.06. The minimum atomic E-state index is 0.423. The van der Waals surface area contributed by atoms with Gasteiger partial charge in [-0.05, 0) is 62.3 Å². The lowest BCUT2D eigenvalue weighted by Crippen LogP contribution is -2.22. The second-order valence-corrected chi connectivity index (χ2v) is 5.18. The lowest BCUT2D eigenvalue weighted by atomic mass is 9.89. The molecular weight excluding hydrogens is 210 g/mol. The first-order valence-corrected chi connectivity index (χ1v) is 6.73. The quantitative estimate of drug-likeness (QED) is 0.867. The molecule has 94 valence electrons. The third-order valence-corrected chi connectivity index (χ3v) is 3.62. The fourth-order valence-electron chi connectivity index (χ4n) is 2.44. The SMILES string of the molecule is CC1CCC(Oc2ccc(CCN)cc2)CC1. The highest BCUT2D eigenvalue weighted by Gasteiger charge is 2.19. The Morgan fingerprint density at radius 2 is 1.76 bits per heavy atom. The summed E-state index contributed by atoms with van der Waals surface area (Å²) in [5.41, 5.74) is 6.82. The summed E-state index contributed by atoms with van der Waals surface area (Å²) < 4.78 is 6.01. The van der Waals surface area contributed by atoms with Gasteiger partial charge in [0, 0.05) is 0 Å². The Morgan fingerprint density at radius 3 is 2.35 bits per heavy atom. The van der Waals surface area contributed by atoms with Crippen LogP contribution in [0.4, 0.5) is 0 Å². The molecule has 1 aliphatic rings. The normalized spacial score (nSPS) is 24.6. The Morgan fingerprint density at radius 1 is 1.12 bits per heavy atom. The van der Waals surface area contributed by atoms with E-state index >= 15 is 0 Å². The van der Waals surface area contributed by atoms with Gasteiger partial charge in [-0.15, -0.1) is 0 Å². The summed E-state index contributed by atoms with van der Waals surface area (Å²) in [7, 11) is 0. The van der Waals surface area contributed by atoms with Gasteiger partial charge in [0.05, 0.1) is 6.10 Å². The smallest absolute Gasteiger partial charge is 0.119 e. The molecule has 1 fully saturated rings. The van der Waals surface area contributed by atoms with Crippen LogP contribution < -0.4 is 10.5 Å². The molecule has 0 spiro atoms. The first-order chi connectivity index (χ1) is 8.28. The Hall–Kier alpha value is -1.02. The van der Waals surface area contributed by atoms with Crippen LogP contribution in [-0.2, 0) is 6.42 Å². The maximum absolute atomic E-state index is 6.01. The Balaban J connectivity index is 1.86. The Bertz CT molecular complexity index is 325. The molecule has 2 heteroatoms. The third-order valence-electron chi connectivity index (χ3n) is 3.62. The molecule has 0 amide bonds. The van der Waals surface area contributed by atoms with Crippen LogP contribution in [0, 0.1) is 5.92 Å². The molecular formula is C15H23NO. The molecule has 0 unspecified atom stereocenters. The summed E-state index contributed by atoms with van der Waals surface area (Å²) in [5, 5.41) is 0. The van der Waals surface area contributed by atoms with E-state index in [-0.39, 0.29) is 0 Å². The average molecular weight is 233 g/mol. The van der Waals surface area contributed by atoms with E-state index in [2.05, 4.69) is 31.2 Å². The summed E-state index contributed by atoms with van der Waals surface area (Å²) in [6.07, 6.45) is 6.37. The molecule has 0 atom stereocenters. The van der Waals surface area contributed by atoms with Crippen molar-refractivity contribution < 1.29 is 4.74 Å². The number of hydrogen-bond donors (Lipinski definition) is 1. The van der Waals surface area contributed by atoms with Gasteiger partial charge >= 0.3 is 0 Å². The van der Waals surface area contributed by atoms with Crippen molar-refractivity contribution in [3.05, 3.63) is 29.8 Å². The molecule has 0 heterocycles. The summed E-state index contributed by atoms with van der Waals surface area (Å²) in [5.74, 6) is 1.88. The third kappa shape index (κ3) is 3.74. The van der Waals surface area contributed by atoms with Crippen LogP contribution in [-0.4, -0.2) is 12.6 Å². The molecule has 1 aromatic carbocycles. The molecule has 2 nitrogen and oxygen atoms in total. The number of benzene rings is 1. The summed E-state index contributed by atoms with van der Waals surface area (Å²) in [4.78, 5) is 0. The van der Waals surface area contributed by atoms with Crippen LogP contribution in [0.2, 0.25) is 0 Å². The maximum Gasteiger partial charge on any atom is 0.119 e. The van der Waals surface area contributed by atoms with Crippen molar-refractivity contribution in [2.45, 2.75) is 45.1 Å². The van der Waals surface area contributed by atoms with Gasteiger partial charge in [0.2, 0.25) is 0 Å². The molecule has 0 saturated heterocycles. The van der Waals surface area contributed by atoms with Crippen LogP contribution in [0.15, 0.2) is 24.3 Å². The minimum absolute atomic E-state index is 0.423. The van der Waals surface area contributed by atoms with Crippen LogP contribution in [0.1, 0.15) is 38.2 Å². The lowest BCUT2D eigenvalue weighted by molar-refractivity contribution is 0.135. The summed E-state index contributed by atoms with van der Waals surface area (Å²) in [6, 6.07) is 8.38. The fraction of sp³-hybridized carbons (Fsp3) is 0.600. The first-order valence-electron chi connectivity index (χ1n) is 6.73. The molecule has 1 aliphatic carbocycles. The van der Waals surface area contributed by atoms with Crippen LogP contribution in [0.3, 0.4) is 0 Å². The fourth-order valence-corrected chi connectivity index (χ4v) is 2.44. The molecule has 0 bridgehead atoms. The molecule has 0 radical (unpaired) electrons. The molecule has 17 heavy (non-hydrogen) atoms. The van der Waals surface area contributed by atoms with E-state index in [4.69, 9.17) is 10.5 Å². The summed E-state index contributed by atoms with van der Waals surface area (Å²) >= 11 is 0. The van der Waals surface area contributed by atoms with E-state index in [1.54, 1.807) is 0 Å². The largest absolute Gasteiger partial charge is 0.490 e. The number of hydrogen-bond acceptors (Lipinski definition) is 2. The molecule has 0 aliphatic heterocycles. The van der Waals surface area contributed by atoms with E-state index in [1.807, 2.05) is 0 Å². The Labute approximate surface area is 104 Å². The second-order valence-electron chi connectivity index (χ2n) is 5.18. The van der Waals surface area contributed by atoms with Gasteiger partial charge in [-0.2, -0.15) is 0 Å². The zero-order valence-electron chi connectivity index (χ0n) is 10.7. The van der Waals surface area contributed by atoms with Crippen molar-refractivity contribution in [1.82, 2.24) is 0 Å². The highest BCUT2D eigenvalue weighted by atomic mass is 16.5.